The highest BCUT2D eigenvalue weighted by Gasteiger charge is 2.28. The molecule has 1 aliphatic rings. The van der Waals surface area contributed by atoms with Crippen LogP contribution in [0.4, 0.5) is 4.79 Å². The highest BCUT2D eigenvalue weighted by molar-refractivity contribution is 5.86. The number of nitrogens with zero attached hydrogens (tertiary/aromatic N) is 1. The zero-order valence-electron chi connectivity index (χ0n) is 10.9. The number of amides is 3. The Morgan fingerprint density at radius 3 is 2.50 bits per heavy atom. The van der Waals surface area contributed by atoms with Gasteiger partial charge in [-0.3, -0.25) is 4.79 Å². The van der Waals surface area contributed by atoms with Crippen LogP contribution < -0.4 is 11.1 Å². The van der Waals surface area contributed by atoms with Crippen molar-refractivity contribution in [2.75, 3.05) is 13.2 Å². The van der Waals surface area contributed by atoms with Crippen molar-refractivity contribution in [3.05, 3.63) is 0 Å². The van der Waals surface area contributed by atoms with Crippen LogP contribution >= 0.6 is 0 Å². The van der Waals surface area contributed by atoms with Gasteiger partial charge in [0.1, 0.15) is 6.04 Å². The fourth-order valence-electron chi connectivity index (χ4n) is 2.50. The molecule has 0 aliphatic heterocycles. The monoisotopic (exact) mass is 257 g/mol. The normalized spacial score (nSPS) is 18.1. The number of nitrogens with two attached hydrogens (primary N) is 1. The molecule has 1 atom stereocenters. The molecule has 104 valence electrons. The minimum absolute atomic E-state index is 0.0640. The van der Waals surface area contributed by atoms with E-state index in [9.17, 15) is 9.59 Å². The number of carbonyl (C=O) groups is 2. The van der Waals surface area contributed by atoms with Crippen molar-refractivity contribution in [2.45, 2.75) is 51.1 Å². The minimum Gasteiger partial charge on any atom is -0.395 e. The summed E-state index contributed by atoms with van der Waals surface area (Å²) in [5.41, 5.74) is 5.01. The van der Waals surface area contributed by atoms with E-state index in [0.29, 0.717) is 6.54 Å². The van der Waals surface area contributed by atoms with E-state index in [4.69, 9.17) is 10.8 Å². The third kappa shape index (κ3) is 4.18. The molecule has 3 amide bonds. The van der Waals surface area contributed by atoms with Gasteiger partial charge in [-0.2, -0.15) is 0 Å². The van der Waals surface area contributed by atoms with Crippen molar-refractivity contribution >= 4 is 11.9 Å². The number of hydrogen-bond acceptors (Lipinski definition) is 3. The van der Waals surface area contributed by atoms with E-state index < -0.39 is 12.1 Å². The fraction of sp³-hybridized carbons (Fsp3) is 0.833. The summed E-state index contributed by atoms with van der Waals surface area (Å²) in [7, 11) is 0. The zero-order valence-corrected chi connectivity index (χ0v) is 10.9. The number of aliphatic hydroxyl groups is 1. The van der Waals surface area contributed by atoms with E-state index in [1.54, 1.807) is 11.8 Å². The summed E-state index contributed by atoms with van der Waals surface area (Å²) < 4.78 is 0. The Labute approximate surface area is 108 Å². The van der Waals surface area contributed by atoms with Gasteiger partial charge in [-0.15, -0.1) is 0 Å². The van der Waals surface area contributed by atoms with Gasteiger partial charge in [0.05, 0.1) is 6.61 Å². The first-order valence-electron chi connectivity index (χ1n) is 6.53. The zero-order chi connectivity index (χ0) is 13.5. The molecule has 0 aromatic rings. The molecule has 1 aliphatic carbocycles. The van der Waals surface area contributed by atoms with Crippen LogP contribution in [0.5, 0.6) is 0 Å². The highest BCUT2D eigenvalue weighted by atomic mass is 16.3. The number of hydrogen-bond donors (Lipinski definition) is 3. The quantitative estimate of drug-likeness (QED) is 0.656. The average Bonchev–Trinajstić information content (AvgIpc) is 2.35. The lowest BCUT2D eigenvalue weighted by atomic mass is 9.93. The van der Waals surface area contributed by atoms with Crippen molar-refractivity contribution in [3.63, 3.8) is 0 Å². The minimum atomic E-state index is -0.705. The summed E-state index contributed by atoms with van der Waals surface area (Å²) in [5.74, 6) is -0.172. The summed E-state index contributed by atoms with van der Waals surface area (Å²) in [6.45, 7) is 1.86. The standard InChI is InChI=1S/C12H23N3O3/c1-9(14-12(13)18)11(17)15(7-8-16)10-5-3-2-4-6-10/h9-10,16H,2-8H2,1H3,(H3,13,14,18). The van der Waals surface area contributed by atoms with Gasteiger partial charge in [-0.25, -0.2) is 4.79 Å². The van der Waals surface area contributed by atoms with Gasteiger partial charge in [-0.1, -0.05) is 19.3 Å². The van der Waals surface area contributed by atoms with Crippen LogP contribution in [-0.4, -0.2) is 47.2 Å². The second-order valence-electron chi connectivity index (χ2n) is 4.78. The van der Waals surface area contributed by atoms with Crippen molar-refractivity contribution < 1.29 is 14.7 Å². The lowest BCUT2D eigenvalue weighted by Crippen LogP contribution is -2.52. The summed E-state index contributed by atoms with van der Waals surface area (Å²) in [6, 6.07) is -1.17. The summed E-state index contributed by atoms with van der Waals surface area (Å²) in [5, 5.41) is 11.5. The van der Waals surface area contributed by atoms with Crippen LogP contribution in [0, 0.1) is 0 Å². The van der Waals surface area contributed by atoms with Crippen LogP contribution in [0.15, 0.2) is 0 Å². The van der Waals surface area contributed by atoms with Crippen molar-refractivity contribution in [1.82, 2.24) is 10.2 Å². The van der Waals surface area contributed by atoms with E-state index in [1.165, 1.54) is 6.42 Å². The maximum absolute atomic E-state index is 12.2. The molecule has 4 N–H and O–H groups in total. The Hall–Kier alpha value is -1.30. The Kier molecular flexibility index (Phi) is 5.91. The third-order valence-electron chi connectivity index (χ3n) is 3.37. The van der Waals surface area contributed by atoms with Crippen LogP contribution in [-0.2, 0) is 4.79 Å². The van der Waals surface area contributed by atoms with E-state index in [1.807, 2.05) is 0 Å². The Bertz CT molecular complexity index is 290. The molecule has 0 radical (unpaired) electrons. The van der Waals surface area contributed by atoms with E-state index in [0.717, 1.165) is 25.7 Å². The smallest absolute Gasteiger partial charge is 0.312 e. The third-order valence-corrected chi connectivity index (χ3v) is 3.37. The van der Waals surface area contributed by atoms with Crippen LogP contribution in [0.1, 0.15) is 39.0 Å². The fourth-order valence-corrected chi connectivity index (χ4v) is 2.50. The molecule has 0 bridgehead atoms. The molecule has 1 saturated carbocycles. The number of urea groups is 1. The lowest BCUT2D eigenvalue weighted by molar-refractivity contribution is -0.136. The second kappa shape index (κ2) is 7.20. The van der Waals surface area contributed by atoms with Crippen molar-refractivity contribution in [1.29, 1.82) is 0 Å². The molecular weight excluding hydrogens is 234 g/mol. The number of primary amides is 1. The van der Waals surface area contributed by atoms with Crippen LogP contribution in [0.25, 0.3) is 0 Å². The summed E-state index contributed by atoms with van der Waals surface area (Å²) >= 11 is 0. The molecule has 18 heavy (non-hydrogen) atoms. The molecule has 0 spiro atoms. The molecule has 0 heterocycles. The average molecular weight is 257 g/mol. The maximum atomic E-state index is 12.2. The Morgan fingerprint density at radius 2 is 2.00 bits per heavy atom. The molecule has 1 unspecified atom stereocenters. The molecule has 1 fully saturated rings. The predicted octanol–water partition coefficient (Wildman–Crippen LogP) is 0.197. The molecule has 0 saturated heterocycles. The first kappa shape index (κ1) is 14.8. The lowest BCUT2D eigenvalue weighted by Gasteiger charge is -2.35. The van der Waals surface area contributed by atoms with Gasteiger partial charge in [0.25, 0.3) is 0 Å². The van der Waals surface area contributed by atoms with Crippen LogP contribution in [0.2, 0.25) is 0 Å². The number of aliphatic hydroxyl groups excluding tert-OH is 1. The molecule has 0 aromatic carbocycles. The Morgan fingerprint density at radius 1 is 1.39 bits per heavy atom. The first-order valence-corrected chi connectivity index (χ1v) is 6.53. The summed E-state index contributed by atoms with van der Waals surface area (Å²) in [4.78, 5) is 24.7. The molecule has 6 nitrogen and oxygen atoms in total. The largest absolute Gasteiger partial charge is 0.395 e. The number of nitrogens with one attached hydrogen (secondary N) is 1. The van der Waals surface area contributed by atoms with E-state index in [-0.39, 0.29) is 18.6 Å². The topological polar surface area (TPSA) is 95.7 Å². The number of rotatable bonds is 5. The van der Waals surface area contributed by atoms with Gasteiger partial charge in [0.15, 0.2) is 0 Å². The van der Waals surface area contributed by atoms with Gasteiger partial charge < -0.3 is 21.1 Å². The Balaban J connectivity index is 2.64. The molecule has 0 aromatic heterocycles. The van der Waals surface area contributed by atoms with E-state index >= 15 is 0 Å². The molecule has 1 rings (SSSR count). The molecule has 6 heteroatoms. The predicted molar refractivity (Wildman–Crippen MR) is 67.9 cm³/mol. The van der Waals surface area contributed by atoms with Gasteiger partial charge in [0, 0.05) is 12.6 Å². The number of carbonyl (C=O) groups excluding carboxylic acids is 2. The van der Waals surface area contributed by atoms with Gasteiger partial charge in [0.2, 0.25) is 5.91 Å². The van der Waals surface area contributed by atoms with E-state index in [2.05, 4.69) is 5.32 Å². The molecular formula is C12H23N3O3. The maximum Gasteiger partial charge on any atom is 0.312 e. The highest BCUT2D eigenvalue weighted by Crippen LogP contribution is 2.22. The SMILES string of the molecule is CC(NC(N)=O)C(=O)N(CCO)C1CCCCC1. The van der Waals surface area contributed by atoms with Gasteiger partial charge in [-0.05, 0) is 19.8 Å². The van der Waals surface area contributed by atoms with Gasteiger partial charge >= 0.3 is 6.03 Å². The second-order valence-corrected chi connectivity index (χ2v) is 4.78. The first-order chi connectivity index (χ1) is 8.56. The van der Waals surface area contributed by atoms with Crippen LogP contribution in [0.3, 0.4) is 0 Å². The van der Waals surface area contributed by atoms with Crippen molar-refractivity contribution in [3.8, 4) is 0 Å². The van der Waals surface area contributed by atoms with Crippen molar-refractivity contribution in [2.24, 2.45) is 5.73 Å². The summed E-state index contributed by atoms with van der Waals surface area (Å²) in [6.07, 6.45) is 5.35.